The summed E-state index contributed by atoms with van der Waals surface area (Å²) in [5.74, 6) is -1.19. The van der Waals surface area contributed by atoms with Crippen molar-refractivity contribution in [1.82, 2.24) is 5.32 Å². The average molecular weight is 281 g/mol. The summed E-state index contributed by atoms with van der Waals surface area (Å²) in [6.45, 7) is 4.63. The smallest absolute Gasteiger partial charge is 0.303 e. The monoisotopic (exact) mass is 281 g/mol. The van der Waals surface area contributed by atoms with Gasteiger partial charge in [0.15, 0.2) is 5.78 Å². The first-order valence-corrected chi connectivity index (χ1v) is 6.65. The summed E-state index contributed by atoms with van der Waals surface area (Å²) in [6, 6.07) is 4.73. The molecule has 0 saturated carbocycles. The Morgan fingerprint density at radius 1 is 1.25 bits per heavy atom. The van der Waals surface area contributed by atoms with Crippen molar-refractivity contribution in [3.05, 3.63) is 35.6 Å². The van der Waals surface area contributed by atoms with E-state index in [2.05, 4.69) is 5.32 Å². The third-order valence-corrected chi connectivity index (χ3v) is 2.86. The summed E-state index contributed by atoms with van der Waals surface area (Å²) < 4.78 is 12.9. The van der Waals surface area contributed by atoms with Crippen LogP contribution in [0.5, 0.6) is 0 Å². The van der Waals surface area contributed by atoms with Crippen LogP contribution in [0.2, 0.25) is 0 Å². The number of nitrogens with one attached hydrogen (secondary N) is 1. The molecule has 0 aromatic heterocycles. The quantitative estimate of drug-likeness (QED) is 0.718. The van der Waals surface area contributed by atoms with Crippen molar-refractivity contribution in [2.45, 2.75) is 32.7 Å². The maximum atomic E-state index is 12.9. The molecule has 0 amide bonds. The number of Topliss-reactive ketones (excluding diaryl/α,β-unsaturated/α-hetero) is 1. The van der Waals surface area contributed by atoms with E-state index in [1.807, 2.05) is 13.8 Å². The first-order valence-electron chi connectivity index (χ1n) is 6.65. The van der Waals surface area contributed by atoms with Gasteiger partial charge in [-0.15, -0.1) is 0 Å². The molecule has 0 aliphatic rings. The summed E-state index contributed by atoms with van der Waals surface area (Å²) >= 11 is 0. The van der Waals surface area contributed by atoms with E-state index in [-0.39, 0.29) is 18.6 Å². The zero-order valence-electron chi connectivity index (χ0n) is 11.7. The Kier molecular flexibility index (Phi) is 6.31. The molecule has 20 heavy (non-hydrogen) atoms. The number of carbonyl (C=O) groups is 2. The highest BCUT2D eigenvalue weighted by atomic mass is 19.1. The fraction of sp³-hybridized carbons (Fsp3) is 0.467. The standard InChI is InChI=1S/C15H20FNO3/c1-10(2)9-17-13(7-8-14(18)19)15(20)11-3-5-12(16)6-4-11/h3-6,10,13,17H,7-9H2,1-2H3,(H,18,19). The Morgan fingerprint density at radius 3 is 2.35 bits per heavy atom. The van der Waals surface area contributed by atoms with Crippen LogP contribution in [0.4, 0.5) is 4.39 Å². The topological polar surface area (TPSA) is 66.4 Å². The second kappa shape index (κ2) is 7.75. The van der Waals surface area contributed by atoms with Gasteiger partial charge < -0.3 is 10.4 Å². The van der Waals surface area contributed by atoms with E-state index < -0.39 is 17.8 Å². The lowest BCUT2D eigenvalue weighted by molar-refractivity contribution is -0.137. The summed E-state index contributed by atoms with van der Waals surface area (Å²) in [7, 11) is 0. The van der Waals surface area contributed by atoms with Gasteiger partial charge in [0, 0.05) is 12.0 Å². The van der Waals surface area contributed by atoms with Crippen LogP contribution in [0, 0.1) is 11.7 Å². The van der Waals surface area contributed by atoms with Crippen LogP contribution in [-0.4, -0.2) is 29.4 Å². The van der Waals surface area contributed by atoms with Crippen LogP contribution in [0.1, 0.15) is 37.0 Å². The maximum Gasteiger partial charge on any atom is 0.303 e. The molecule has 0 bridgehead atoms. The highest BCUT2D eigenvalue weighted by Gasteiger charge is 2.20. The van der Waals surface area contributed by atoms with Crippen molar-refractivity contribution in [3.63, 3.8) is 0 Å². The normalized spacial score (nSPS) is 12.4. The van der Waals surface area contributed by atoms with Crippen LogP contribution < -0.4 is 5.32 Å². The van der Waals surface area contributed by atoms with Gasteiger partial charge in [-0.05, 0) is 43.1 Å². The van der Waals surface area contributed by atoms with Gasteiger partial charge in [0.1, 0.15) is 5.82 Å². The third kappa shape index (κ3) is 5.48. The Labute approximate surface area is 118 Å². The largest absolute Gasteiger partial charge is 0.481 e. The zero-order valence-corrected chi connectivity index (χ0v) is 11.7. The van der Waals surface area contributed by atoms with E-state index in [1.54, 1.807) is 0 Å². The van der Waals surface area contributed by atoms with Crippen LogP contribution in [-0.2, 0) is 4.79 Å². The van der Waals surface area contributed by atoms with Crippen molar-refractivity contribution in [2.75, 3.05) is 6.54 Å². The third-order valence-electron chi connectivity index (χ3n) is 2.86. The number of carboxylic acids is 1. The highest BCUT2D eigenvalue weighted by Crippen LogP contribution is 2.10. The molecule has 2 N–H and O–H groups in total. The number of carboxylic acid groups (broad SMARTS) is 1. The molecule has 0 aliphatic carbocycles. The van der Waals surface area contributed by atoms with Crippen LogP contribution in [0.15, 0.2) is 24.3 Å². The lowest BCUT2D eigenvalue weighted by atomic mass is 9.99. The van der Waals surface area contributed by atoms with Crippen LogP contribution in [0.25, 0.3) is 0 Å². The second-order valence-electron chi connectivity index (χ2n) is 5.16. The summed E-state index contributed by atoms with van der Waals surface area (Å²) in [4.78, 5) is 23.0. The van der Waals surface area contributed by atoms with Crippen molar-refractivity contribution in [1.29, 1.82) is 0 Å². The van der Waals surface area contributed by atoms with Gasteiger partial charge in [-0.25, -0.2) is 4.39 Å². The van der Waals surface area contributed by atoms with Gasteiger partial charge in [-0.2, -0.15) is 0 Å². The molecule has 1 aromatic carbocycles. The zero-order chi connectivity index (χ0) is 15.1. The minimum atomic E-state index is -0.937. The molecular formula is C15H20FNO3. The summed E-state index contributed by atoms with van der Waals surface area (Å²) in [5.41, 5.74) is 0.387. The predicted octanol–water partition coefficient (Wildman–Crippen LogP) is 2.49. The van der Waals surface area contributed by atoms with Crippen LogP contribution >= 0.6 is 0 Å². The van der Waals surface area contributed by atoms with E-state index in [4.69, 9.17) is 5.11 Å². The number of aliphatic carboxylic acids is 1. The Morgan fingerprint density at radius 2 is 1.85 bits per heavy atom. The van der Waals surface area contributed by atoms with Gasteiger partial charge >= 0.3 is 5.97 Å². The van der Waals surface area contributed by atoms with E-state index in [0.717, 1.165) is 0 Å². The SMILES string of the molecule is CC(C)CNC(CCC(=O)O)C(=O)c1ccc(F)cc1. The van der Waals surface area contributed by atoms with Crippen LogP contribution in [0.3, 0.4) is 0 Å². The highest BCUT2D eigenvalue weighted by molar-refractivity contribution is 6.00. The molecule has 0 fully saturated rings. The minimum Gasteiger partial charge on any atom is -0.481 e. The van der Waals surface area contributed by atoms with Gasteiger partial charge in [-0.3, -0.25) is 9.59 Å². The van der Waals surface area contributed by atoms with E-state index in [1.165, 1.54) is 24.3 Å². The predicted molar refractivity (Wildman–Crippen MR) is 74.2 cm³/mol. The number of halogens is 1. The molecule has 0 aliphatic heterocycles. The molecule has 5 heteroatoms. The molecule has 0 spiro atoms. The summed E-state index contributed by atoms with van der Waals surface area (Å²) in [5, 5.41) is 11.8. The van der Waals surface area contributed by atoms with Gasteiger partial charge in [-0.1, -0.05) is 13.8 Å². The number of benzene rings is 1. The number of rotatable bonds is 8. The first kappa shape index (κ1) is 16.3. The molecule has 1 atom stereocenters. The fourth-order valence-electron chi connectivity index (χ4n) is 1.79. The van der Waals surface area contributed by atoms with E-state index >= 15 is 0 Å². The Balaban J connectivity index is 2.76. The maximum absolute atomic E-state index is 12.9. The molecule has 0 radical (unpaired) electrons. The van der Waals surface area contributed by atoms with Crippen molar-refractivity contribution >= 4 is 11.8 Å². The van der Waals surface area contributed by atoms with Crippen molar-refractivity contribution in [2.24, 2.45) is 5.92 Å². The number of hydrogen-bond acceptors (Lipinski definition) is 3. The Hall–Kier alpha value is -1.75. The van der Waals surface area contributed by atoms with Gasteiger partial charge in [0.2, 0.25) is 0 Å². The first-order chi connectivity index (χ1) is 9.40. The molecule has 0 saturated heterocycles. The summed E-state index contributed by atoms with van der Waals surface area (Å²) in [6.07, 6.45) is 0.140. The van der Waals surface area contributed by atoms with Gasteiger partial charge in [0.05, 0.1) is 6.04 Å². The molecular weight excluding hydrogens is 261 g/mol. The minimum absolute atomic E-state index is 0.0807. The number of ketones is 1. The molecule has 1 rings (SSSR count). The molecule has 4 nitrogen and oxygen atoms in total. The lowest BCUT2D eigenvalue weighted by Gasteiger charge is -2.18. The van der Waals surface area contributed by atoms with Gasteiger partial charge in [0.25, 0.3) is 0 Å². The number of carbonyl (C=O) groups excluding carboxylic acids is 1. The fourth-order valence-corrected chi connectivity index (χ4v) is 1.79. The van der Waals surface area contributed by atoms with E-state index in [0.29, 0.717) is 18.0 Å². The van der Waals surface area contributed by atoms with Crippen molar-refractivity contribution in [3.8, 4) is 0 Å². The molecule has 110 valence electrons. The molecule has 1 aromatic rings. The molecule has 1 unspecified atom stereocenters. The lowest BCUT2D eigenvalue weighted by Crippen LogP contribution is -2.39. The average Bonchev–Trinajstić information content (AvgIpc) is 2.38. The van der Waals surface area contributed by atoms with E-state index in [9.17, 15) is 14.0 Å². The second-order valence-corrected chi connectivity index (χ2v) is 5.16. The van der Waals surface area contributed by atoms with Crippen molar-refractivity contribution < 1.29 is 19.1 Å². The Bertz CT molecular complexity index is 457. The molecule has 0 heterocycles. The number of hydrogen-bond donors (Lipinski definition) is 2.